The third kappa shape index (κ3) is 2.65. The van der Waals surface area contributed by atoms with Crippen molar-refractivity contribution in [1.29, 1.82) is 0 Å². The minimum atomic E-state index is -2.27. The molecule has 0 aliphatic rings. The topological polar surface area (TPSA) is 17.1 Å². The highest BCUT2D eigenvalue weighted by atomic mass is 79.9. The Balaban J connectivity index is 3.29. The molecule has 0 atom stereocenters. The van der Waals surface area contributed by atoms with Crippen molar-refractivity contribution in [3.63, 3.8) is 0 Å². The van der Waals surface area contributed by atoms with E-state index in [1.54, 1.807) is 0 Å². The largest absolute Gasteiger partial charge is 0.294 e. The molecule has 0 N–H and O–H groups in total. The van der Waals surface area contributed by atoms with Crippen molar-refractivity contribution in [3.05, 3.63) is 34.6 Å². The molecule has 1 rings (SSSR count). The molecule has 0 aliphatic heterocycles. The summed E-state index contributed by atoms with van der Waals surface area (Å²) in [5.74, 6) is -11.8. The molecular weight excluding hydrogens is 311 g/mol. The van der Waals surface area contributed by atoms with Gasteiger partial charge in [-0.2, -0.15) is 0 Å². The maximum Gasteiger partial charge on any atom is 0.200 e. The lowest BCUT2D eigenvalue weighted by Gasteiger charge is -2.06. The lowest BCUT2D eigenvalue weighted by molar-refractivity contribution is 0.0970. The highest BCUT2D eigenvalue weighted by Crippen LogP contribution is 2.24. The molecule has 0 fully saturated rings. The van der Waals surface area contributed by atoms with Gasteiger partial charge in [0.1, 0.15) is 0 Å². The van der Waals surface area contributed by atoms with Crippen molar-refractivity contribution in [2.45, 2.75) is 12.8 Å². The summed E-state index contributed by atoms with van der Waals surface area (Å²) in [6.07, 6.45) is -0.0675. The zero-order valence-corrected chi connectivity index (χ0v) is 9.88. The van der Waals surface area contributed by atoms with Crippen LogP contribution in [0.2, 0.25) is 0 Å². The van der Waals surface area contributed by atoms with Gasteiger partial charge < -0.3 is 0 Å². The maximum atomic E-state index is 13.1. The molecule has 0 bridgehead atoms. The quantitative estimate of drug-likeness (QED) is 0.272. The summed E-state index contributed by atoms with van der Waals surface area (Å²) in [6, 6.07) is 0. The van der Waals surface area contributed by atoms with Crippen LogP contribution in [-0.2, 0) is 0 Å². The van der Waals surface area contributed by atoms with Gasteiger partial charge in [0.15, 0.2) is 29.1 Å². The lowest BCUT2D eigenvalue weighted by atomic mass is 10.0. The first-order valence-electron chi connectivity index (χ1n) is 4.52. The van der Waals surface area contributed by atoms with Gasteiger partial charge in [-0.05, 0) is 6.42 Å². The van der Waals surface area contributed by atoms with Gasteiger partial charge in [-0.1, -0.05) is 15.9 Å². The standard InChI is InChI=1S/C10H6BrF5O/c11-3-1-2-4(17)5-6(12)8(14)10(16)9(15)7(5)13/h1-3H2. The zero-order valence-electron chi connectivity index (χ0n) is 8.30. The summed E-state index contributed by atoms with van der Waals surface area (Å²) in [7, 11) is 0. The average Bonchev–Trinajstić information content (AvgIpc) is 2.31. The van der Waals surface area contributed by atoms with E-state index >= 15 is 0 Å². The highest BCUT2D eigenvalue weighted by Gasteiger charge is 2.28. The predicted octanol–water partition coefficient (Wildman–Crippen LogP) is 3.74. The van der Waals surface area contributed by atoms with E-state index in [1.807, 2.05) is 0 Å². The van der Waals surface area contributed by atoms with Gasteiger partial charge in [-0.3, -0.25) is 4.79 Å². The predicted molar refractivity (Wildman–Crippen MR) is 53.6 cm³/mol. The number of Topliss-reactive ketones (excluding diaryl/α,β-unsaturated/α-hetero) is 1. The molecule has 0 heterocycles. The van der Waals surface area contributed by atoms with Crippen LogP contribution < -0.4 is 0 Å². The van der Waals surface area contributed by atoms with Crippen molar-refractivity contribution in [2.75, 3.05) is 5.33 Å². The van der Waals surface area contributed by atoms with Gasteiger partial charge in [0.25, 0.3) is 0 Å². The summed E-state index contributed by atoms with van der Waals surface area (Å²) >= 11 is 2.98. The second kappa shape index (κ2) is 5.57. The second-order valence-corrected chi connectivity index (χ2v) is 3.95. The molecule has 0 unspecified atom stereocenters. The van der Waals surface area contributed by atoms with Gasteiger partial charge >= 0.3 is 0 Å². The summed E-state index contributed by atoms with van der Waals surface area (Å²) in [5, 5.41) is 0.383. The van der Waals surface area contributed by atoms with Crippen LogP contribution in [0.4, 0.5) is 22.0 Å². The fourth-order valence-corrected chi connectivity index (χ4v) is 1.48. The molecular formula is C10H6BrF5O. The van der Waals surface area contributed by atoms with Crippen LogP contribution in [-0.4, -0.2) is 11.1 Å². The van der Waals surface area contributed by atoms with Gasteiger partial charge in [-0.15, -0.1) is 0 Å². The number of hydrogen-bond donors (Lipinski definition) is 0. The Morgan fingerprint density at radius 1 is 0.882 bits per heavy atom. The van der Waals surface area contributed by atoms with Crippen LogP contribution in [0, 0.1) is 29.1 Å². The van der Waals surface area contributed by atoms with Crippen molar-refractivity contribution in [1.82, 2.24) is 0 Å². The molecule has 0 saturated carbocycles. The molecule has 17 heavy (non-hydrogen) atoms. The molecule has 0 aromatic heterocycles. The molecule has 7 heteroatoms. The van der Waals surface area contributed by atoms with Crippen LogP contribution in [0.15, 0.2) is 0 Å². The third-order valence-electron chi connectivity index (χ3n) is 2.03. The van der Waals surface area contributed by atoms with E-state index in [9.17, 15) is 26.7 Å². The maximum absolute atomic E-state index is 13.1. The Kier molecular flexibility index (Phi) is 4.62. The number of benzene rings is 1. The van der Waals surface area contributed by atoms with Gasteiger partial charge in [0, 0.05) is 11.8 Å². The van der Waals surface area contributed by atoms with Crippen molar-refractivity contribution in [2.24, 2.45) is 0 Å². The summed E-state index contributed by atoms with van der Waals surface area (Å²) in [4.78, 5) is 11.3. The molecule has 1 aromatic rings. The first-order chi connectivity index (χ1) is 7.91. The third-order valence-corrected chi connectivity index (χ3v) is 2.59. The Labute approximate surface area is 102 Å². The number of alkyl halides is 1. The first kappa shape index (κ1) is 14.1. The second-order valence-electron chi connectivity index (χ2n) is 3.16. The van der Waals surface area contributed by atoms with E-state index in [4.69, 9.17) is 0 Å². The van der Waals surface area contributed by atoms with Crippen molar-refractivity contribution < 1.29 is 26.7 Å². The fourth-order valence-electron chi connectivity index (χ4n) is 1.20. The van der Waals surface area contributed by atoms with Crippen LogP contribution in [0.1, 0.15) is 23.2 Å². The van der Waals surface area contributed by atoms with Gasteiger partial charge in [0.05, 0.1) is 5.56 Å². The van der Waals surface area contributed by atoms with Crippen LogP contribution in [0.3, 0.4) is 0 Å². The van der Waals surface area contributed by atoms with E-state index in [0.29, 0.717) is 5.33 Å². The summed E-state index contributed by atoms with van der Waals surface area (Å²) in [6.45, 7) is 0. The number of carbonyl (C=O) groups excluding carboxylic acids is 1. The van der Waals surface area contributed by atoms with Crippen molar-refractivity contribution in [3.8, 4) is 0 Å². The van der Waals surface area contributed by atoms with E-state index in [2.05, 4.69) is 15.9 Å². The molecule has 94 valence electrons. The van der Waals surface area contributed by atoms with Crippen molar-refractivity contribution >= 4 is 21.7 Å². The van der Waals surface area contributed by atoms with Crippen LogP contribution in [0.5, 0.6) is 0 Å². The minimum Gasteiger partial charge on any atom is -0.294 e. The first-order valence-corrected chi connectivity index (χ1v) is 5.64. The van der Waals surface area contributed by atoms with E-state index in [1.165, 1.54) is 0 Å². The van der Waals surface area contributed by atoms with E-state index in [-0.39, 0.29) is 12.8 Å². The van der Waals surface area contributed by atoms with E-state index < -0.39 is 40.4 Å². The molecule has 0 spiro atoms. The Hall–Kier alpha value is -0.980. The number of carbonyl (C=O) groups is 1. The molecule has 1 aromatic carbocycles. The molecule has 0 saturated heterocycles. The Bertz CT molecular complexity index is 431. The van der Waals surface area contributed by atoms with Crippen LogP contribution in [0.25, 0.3) is 0 Å². The zero-order chi connectivity index (χ0) is 13.2. The Morgan fingerprint density at radius 2 is 1.29 bits per heavy atom. The number of halogens is 6. The molecule has 0 amide bonds. The normalized spacial score (nSPS) is 10.7. The monoisotopic (exact) mass is 316 g/mol. The van der Waals surface area contributed by atoms with E-state index in [0.717, 1.165) is 0 Å². The minimum absolute atomic E-state index is 0.234. The SMILES string of the molecule is O=C(CCCBr)c1c(F)c(F)c(F)c(F)c1F. The average molecular weight is 317 g/mol. The summed E-state index contributed by atoms with van der Waals surface area (Å²) in [5.41, 5.74) is -1.37. The number of rotatable bonds is 4. The Morgan fingerprint density at radius 3 is 1.71 bits per heavy atom. The number of ketones is 1. The lowest BCUT2D eigenvalue weighted by Crippen LogP contribution is -2.12. The van der Waals surface area contributed by atoms with Gasteiger partial charge in [0.2, 0.25) is 5.82 Å². The highest BCUT2D eigenvalue weighted by molar-refractivity contribution is 9.09. The number of hydrogen-bond acceptors (Lipinski definition) is 1. The smallest absolute Gasteiger partial charge is 0.200 e. The fraction of sp³-hybridized carbons (Fsp3) is 0.300. The molecule has 0 radical (unpaired) electrons. The van der Waals surface area contributed by atoms with Crippen LogP contribution >= 0.6 is 15.9 Å². The summed E-state index contributed by atoms with van der Waals surface area (Å²) < 4.78 is 64.4. The van der Waals surface area contributed by atoms with Gasteiger partial charge in [-0.25, -0.2) is 22.0 Å². The molecule has 1 nitrogen and oxygen atoms in total. The molecule has 0 aliphatic carbocycles.